The van der Waals surface area contributed by atoms with Crippen molar-refractivity contribution in [2.75, 3.05) is 0 Å². The van der Waals surface area contributed by atoms with Gasteiger partial charge in [0.05, 0.1) is 0 Å². The standard InChI is InChI=1S/C45H36O/c1-44(2)39-17-7-5-11-33(39)35-15-9-13-31(41(35)44)29-23-21-27-19-20-28-22-24-30(26-38(28)43(46)37(27)25-29)32-14-10-16-36-34-12-6-8-18-40(34)45(3,4)42(32)36/h5-18,21-26H,19-20H2,1-4H3. The average molecular weight is 593 g/mol. The average Bonchev–Trinajstić information content (AvgIpc) is 3.40. The van der Waals surface area contributed by atoms with Crippen molar-refractivity contribution in [3.63, 3.8) is 0 Å². The van der Waals surface area contributed by atoms with Gasteiger partial charge in [0.1, 0.15) is 0 Å². The van der Waals surface area contributed by atoms with E-state index in [1.54, 1.807) is 0 Å². The molecule has 3 aliphatic carbocycles. The fourth-order valence-electron chi connectivity index (χ4n) is 8.94. The van der Waals surface area contributed by atoms with E-state index in [9.17, 15) is 4.79 Å². The summed E-state index contributed by atoms with van der Waals surface area (Å²) in [5, 5.41) is 0. The maximum absolute atomic E-state index is 14.6. The summed E-state index contributed by atoms with van der Waals surface area (Å²) in [6, 6.07) is 44.1. The van der Waals surface area contributed by atoms with Gasteiger partial charge in [-0.2, -0.15) is 0 Å². The van der Waals surface area contributed by atoms with E-state index >= 15 is 0 Å². The Hall–Kier alpha value is -5.01. The smallest absolute Gasteiger partial charge is 0.193 e. The van der Waals surface area contributed by atoms with Crippen LogP contribution in [0.5, 0.6) is 0 Å². The zero-order valence-electron chi connectivity index (χ0n) is 26.9. The molecule has 46 heavy (non-hydrogen) atoms. The quantitative estimate of drug-likeness (QED) is 0.195. The first kappa shape index (κ1) is 27.3. The second kappa shape index (κ2) is 9.50. The van der Waals surface area contributed by atoms with Crippen LogP contribution in [0, 0.1) is 0 Å². The Morgan fingerprint density at radius 3 is 1.26 bits per heavy atom. The van der Waals surface area contributed by atoms with Gasteiger partial charge in [0.25, 0.3) is 0 Å². The van der Waals surface area contributed by atoms with Crippen molar-refractivity contribution in [2.24, 2.45) is 0 Å². The molecule has 0 aliphatic heterocycles. The SMILES string of the molecule is CC1(C)c2ccccc2-c2cccc(-c3ccc4c(c3)C(=O)c3cc(-c5cccc6c5C(C)(C)c5ccccc5-6)ccc3CC4)c21. The van der Waals surface area contributed by atoms with Crippen molar-refractivity contribution in [1.29, 1.82) is 0 Å². The Balaban J connectivity index is 1.16. The number of hydrogen-bond donors (Lipinski definition) is 0. The van der Waals surface area contributed by atoms with Crippen LogP contribution in [-0.2, 0) is 23.7 Å². The number of ketones is 1. The lowest BCUT2D eigenvalue weighted by atomic mass is 9.78. The van der Waals surface area contributed by atoms with Crippen LogP contribution in [-0.4, -0.2) is 5.78 Å². The Kier molecular flexibility index (Phi) is 5.64. The van der Waals surface area contributed by atoms with E-state index in [0.29, 0.717) is 0 Å². The minimum atomic E-state index is -0.121. The molecule has 0 bridgehead atoms. The molecule has 3 aliphatic rings. The molecule has 0 saturated carbocycles. The molecular formula is C45H36O. The molecule has 0 unspecified atom stereocenters. The van der Waals surface area contributed by atoms with E-state index in [1.165, 1.54) is 55.6 Å². The molecule has 6 aromatic carbocycles. The predicted molar refractivity (Wildman–Crippen MR) is 190 cm³/mol. The van der Waals surface area contributed by atoms with Gasteiger partial charge in [-0.15, -0.1) is 0 Å². The summed E-state index contributed by atoms with van der Waals surface area (Å²) in [5.74, 6) is 0.136. The number of hydrogen-bond acceptors (Lipinski definition) is 1. The van der Waals surface area contributed by atoms with Gasteiger partial charge < -0.3 is 0 Å². The maximum atomic E-state index is 14.6. The molecule has 1 nitrogen and oxygen atoms in total. The van der Waals surface area contributed by atoms with Crippen LogP contribution < -0.4 is 0 Å². The molecule has 0 atom stereocenters. The third-order valence-corrected chi connectivity index (χ3v) is 11.2. The summed E-state index contributed by atoms with van der Waals surface area (Å²) in [4.78, 5) is 14.6. The summed E-state index contributed by atoms with van der Waals surface area (Å²) in [6.07, 6.45) is 1.72. The Morgan fingerprint density at radius 1 is 0.413 bits per heavy atom. The topological polar surface area (TPSA) is 17.1 Å². The second-order valence-corrected chi connectivity index (χ2v) is 14.4. The van der Waals surface area contributed by atoms with Gasteiger partial charge in [-0.3, -0.25) is 4.79 Å². The van der Waals surface area contributed by atoms with Gasteiger partial charge in [0.15, 0.2) is 5.78 Å². The fraction of sp³-hybridized carbons (Fsp3) is 0.178. The molecule has 0 heterocycles. The number of aryl methyl sites for hydroxylation is 2. The van der Waals surface area contributed by atoms with Gasteiger partial charge in [0.2, 0.25) is 0 Å². The van der Waals surface area contributed by atoms with E-state index in [-0.39, 0.29) is 16.6 Å². The number of benzene rings is 6. The second-order valence-electron chi connectivity index (χ2n) is 14.4. The Labute approximate surface area is 271 Å². The first-order valence-corrected chi connectivity index (χ1v) is 16.5. The van der Waals surface area contributed by atoms with Crippen LogP contribution >= 0.6 is 0 Å². The summed E-state index contributed by atoms with van der Waals surface area (Å²) < 4.78 is 0. The molecule has 0 spiro atoms. The lowest BCUT2D eigenvalue weighted by Crippen LogP contribution is -2.16. The molecule has 222 valence electrons. The zero-order chi connectivity index (χ0) is 31.4. The minimum Gasteiger partial charge on any atom is -0.289 e. The van der Waals surface area contributed by atoms with Crippen molar-refractivity contribution < 1.29 is 4.79 Å². The normalized spacial score (nSPS) is 16.0. The van der Waals surface area contributed by atoms with Crippen LogP contribution in [0.1, 0.15) is 77.0 Å². The summed E-state index contributed by atoms with van der Waals surface area (Å²) >= 11 is 0. The van der Waals surface area contributed by atoms with E-state index < -0.39 is 0 Å². The van der Waals surface area contributed by atoms with Crippen molar-refractivity contribution in [3.8, 4) is 44.5 Å². The number of rotatable bonds is 2. The lowest BCUT2D eigenvalue weighted by molar-refractivity contribution is 0.103. The third-order valence-electron chi connectivity index (χ3n) is 11.2. The lowest BCUT2D eigenvalue weighted by Gasteiger charge is -2.25. The molecule has 0 N–H and O–H groups in total. The number of carbonyl (C=O) groups is 1. The molecule has 0 aromatic heterocycles. The Morgan fingerprint density at radius 2 is 0.804 bits per heavy atom. The fourth-order valence-corrected chi connectivity index (χ4v) is 8.94. The Bertz CT molecular complexity index is 2120. The summed E-state index contributed by atoms with van der Waals surface area (Å²) in [7, 11) is 0. The van der Waals surface area contributed by atoms with E-state index in [0.717, 1.165) is 46.2 Å². The van der Waals surface area contributed by atoms with E-state index in [1.807, 2.05) is 0 Å². The highest BCUT2D eigenvalue weighted by molar-refractivity contribution is 6.12. The largest absolute Gasteiger partial charge is 0.289 e. The third kappa shape index (κ3) is 3.66. The number of fused-ring (bicyclic) bond motifs is 8. The molecule has 1 heteroatoms. The van der Waals surface area contributed by atoms with Gasteiger partial charge in [-0.1, -0.05) is 137 Å². The minimum absolute atomic E-state index is 0.121. The highest BCUT2D eigenvalue weighted by Crippen LogP contribution is 2.53. The highest BCUT2D eigenvalue weighted by atomic mass is 16.1. The van der Waals surface area contributed by atoms with Crippen LogP contribution in [0.25, 0.3) is 44.5 Å². The molecule has 6 aromatic rings. The zero-order valence-corrected chi connectivity index (χ0v) is 26.9. The molecular weight excluding hydrogens is 556 g/mol. The predicted octanol–water partition coefficient (Wildman–Crippen LogP) is 11.0. The highest BCUT2D eigenvalue weighted by Gasteiger charge is 2.39. The van der Waals surface area contributed by atoms with E-state index in [4.69, 9.17) is 0 Å². The first-order chi connectivity index (χ1) is 22.2. The van der Waals surface area contributed by atoms with Crippen molar-refractivity contribution in [2.45, 2.75) is 51.4 Å². The summed E-state index contributed by atoms with van der Waals surface area (Å²) in [5.41, 5.74) is 19.0. The van der Waals surface area contributed by atoms with Gasteiger partial charge >= 0.3 is 0 Å². The number of carbonyl (C=O) groups excluding carboxylic acids is 1. The molecule has 0 saturated heterocycles. The monoisotopic (exact) mass is 592 g/mol. The van der Waals surface area contributed by atoms with Crippen LogP contribution in [0.15, 0.2) is 121 Å². The van der Waals surface area contributed by atoms with Crippen LogP contribution in [0.4, 0.5) is 0 Å². The molecule has 0 amide bonds. The molecule has 0 fully saturated rings. The van der Waals surface area contributed by atoms with Crippen LogP contribution in [0.3, 0.4) is 0 Å². The molecule has 9 rings (SSSR count). The summed E-state index contributed by atoms with van der Waals surface area (Å²) in [6.45, 7) is 9.31. The van der Waals surface area contributed by atoms with Gasteiger partial charge in [-0.25, -0.2) is 0 Å². The van der Waals surface area contributed by atoms with Crippen LogP contribution in [0.2, 0.25) is 0 Å². The van der Waals surface area contributed by atoms with Crippen molar-refractivity contribution in [1.82, 2.24) is 0 Å². The first-order valence-electron chi connectivity index (χ1n) is 16.5. The maximum Gasteiger partial charge on any atom is 0.193 e. The van der Waals surface area contributed by atoms with Gasteiger partial charge in [-0.05, 0) is 103 Å². The van der Waals surface area contributed by atoms with E-state index in [2.05, 4.69) is 149 Å². The van der Waals surface area contributed by atoms with Crippen molar-refractivity contribution >= 4 is 5.78 Å². The van der Waals surface area contributed by atoms with Gasteiger partial charge in [0, 0.05) is 22.0 Å². The molecule has 0 radical (unpaired) electrons. The van der Waals surface area contributed by atoms with Crippen molar-refractivity contribution in [3.05, 3.63) is 166 Å².